The van der Waals surface area contributed by atoms with Gasteiger partial charge in [-0.15, -0.1) is 0 Å². The van der Waals surface area contributed by atoms with Crippen LogP contribution in [0.4, 0.5) is 0 Å². The number of hydrogen-bond donors (Lipinski definition) is 1. The fourth-order valence-electron chi connectivity index (χ4n) is 3.16. The van der Waals surface area contributed by atoms with Crippen molar-refractivity contribution in [1.82, 2.24) is 5.32 Å². The maximum absolute atomic E-state index is 3.52. The van der Waals surface area contributed by atoms with Crippen LogP contribution in [-0.2, 0) is 0 Å². The average Bonchev–Trinajstić information content (AvgIpc) is 2.67. The van der Waals surface area contributed by atoms with Crippen LogP contribution in [0.25, 0.3) is 0 Å². The third-order valence-electron chi connectivity index (χ3n) is 4.07. The first kappa shape index (κ1) is 11.7. The molecule has 2 rings (SSSR count). The van der Waals surface area contributed by atoms with Gasteiger partial charge in [0.15, 0.2) is 0 Å². The Kier molecular flexibility index (Phi) is 3.65. The van der Waals surface area contributed by atoms with Crippen molar-refractivity contribution in [3.8, 4) is 0 Å². The Bertz CT molecular complexity index is 345. The number of nitrogens with one attached hydrogen (secondary N) is 1. The van der Waals surface area contributed by atoms with Crippen LogP contribution in [0.5, 0.6) is 0 Å². The molecule has 88 valence electrons. The smallest absolute Gasteiger partial charge is 0.0348 e. The molecule has 3 unspecified atom stereocenters. The van der Waals surface area contributed by atoms with Gasteiger partial charge in [0.1, 0.15) is 0 Å². The molecule has 0 aliphatic heterocycles. The minimum absolute atomic E-state index is 0.539. The molecule has 0 saturated heterocycles. The summed E-state index contributed by atoms with van der Waals surface area (Å²) in [4.78, 5) is 0. The molecule has 0 bridgehead atoms. The van der Waals surface area contributed by atoms with Gasteiger partial charge in [-0.1, -0.05) is 49.6 Å². The van der Waals surface area contributed by atoms with E-state index in [0.717, 1.165) is 11.8 Å². The molecule has 1 saturated carbocycles. The molecular weight excluding hydrogens is 194 g/mol. The van der Waals surface area contributed by atoms with Crippen LogP contribution in [0.2, 0.25) is 0 Å². The van der Waals surface area contributed by atoms with Crippen molar-refractivity contribution in [3.05, 3.63) is 35.4 Å². The number of hydrogen-bond acceptors (Lipinski definition) is 1. The third kappa shape index (κ3) is 2.30. The Morgan fingerprint density at radius 3 is 2.69 bits per heavy atom. The summed E-state index contributed by atoms with van der Waals surface area (Å²) in [6.45, 7) is 4.58. The average molecular weight is 217 g/mol. The molecule has 1 aliphatic rings. The monoisotopic (exact) mass is 217 g/mol. The van der Waals surface area contributed by atoms with Crippen LogP contribution in [0.1, 0.15) is 43.4 Å². The van der Waals surface area contributed by atoms with Crippen molar-refractivity contribution in [1.29, 1.82) is 0 Å². The van der Waals surface area contributed by atoms with Crippen LogP contribution in [0, 0.1) is 18.8 Å². The van der Waals surface area contributed by atoms with Crippen LogP contribution in [0.15, 0.2) is 24.3 Å². The lowest BCUT2D eigenvalue weighted by Crippen LogP contribution is -2.26. The SMILES string of the molecule is CNC(c1cccc(C)c1)C1CCCC1C. The standard InChI is InChI=1S/C15H23N/c1-11-6-4-8-13(10-11)15(16-3)14-9-5-7-12(14)2/h4,6,8,10,12,14-16H,5,7,9H2,1-3H3. The molecule has 3 atom stereocenters. The highest BCUT2D eigenvalue weighted by Crippen LogP contribution is 2.39. The van der Waals surface area contributed by atoms with E-state index in [4.69, 9.17) is 0 Å². The second kappa shape index (κ2) is 5.01. The molecule has 1 aromatic carbocycles. The Morgan fingerprint density at radius 2 is 2.12 bits per heavy atom. The Labute approximate surface area is 99.3 Å². The van der Waals surface area contributed by atoms with Gasteiger partial charge >= 0.3 is 0 Å². The minimum Gasteiger partial charge on any atom is -0.313 e. The zero-order valence-corrected chi connectivity index (χ0v) is 10.7. The van der Waals surface area contributed by atoms with E-state index in [1.165, 1.54) is 30.4 Å². The molecule has 1 heteroatoms. The summed E-state index contributed by atoms with van der Waals surface area (Å²) in [5.74, 6) is 1.67. The quantitative estimate of drug-likeness (QED) is 0.814. The van der Waals surface area contributed by atoms with Crippen LogP contribution in [0.3, 0.4) is 0 Å². The molecule has 1 nitrogen and oxygen atoms in total. The van der Waals surface area contributed by atoms with E-state index in [2.05, 4.69) is 50.5 Å². The van der Waals surface area contributed by atoms with Gasteiger partial charge in [-0.2, -0.15) is 0 Å². The van der Waals surface area contributed by atoms with E-state index in [-0.39, 0.29) is 0 Å². The van der Waals surface area contributed by atoms with Crippen molar-refractivity contribution in [3.63, 3.8) is 0 Å². The van der Waals surface area contributed by atoms with Gasteiger partial charge < -0.3 is 5.32 Å². The molecule has 0 heterocycles. The maximum atomic E-state index is 3.52. The first-order chi connectivity index (χ1) is 7.72. The predicted octanol–water partition coefficient (Wildman–Crippen LogP) is 3.69. The molecule has 1 fully saturated rings. The van der Waals surface area contributed by atoms with Crippen molar-refractivity contribution in [2.75, 3.05) is 7.05 Å². The van der Waals surface area contributed by atoms with Crippen LogP contribution < -0.4 is 5.32 Å². The molecule has 0 amide bonds. The highest BCUT2D eigenvalue weighted by Gasteiger charge is 2.30. The summed E-state index contributed by atoms with van der Waals surface area (Å²) in [7, 11) is 2.10. The van der Waals surface area contributed by atoms with Crippen molar-refractivity contribution >= 4 is 0 Å². The summed E-state index contributed by atoms with van der Waals surface area (Å²) in [5.41, 5.74) is 2.82. The lowest BCUT2D eigenvalue weighted by molar-refractivity contribution is 0.315. The normalized spacial score (nSPS) is 26.9. The lowest BCUT2D eigenvalue weighted by Gasteiger charge is -2.27. The van der Waals surface area contributed by atoms with Crippen molar-refractivity contribution in [2.45, 2.75) is 39.2 Å². The topological polar surface area (TPSA) is 12.0 Å². The predicted molar refractivity (Wildman–Crippen MR) is 69.5 cm³/mol. The van der Waals surface area contributed by atoms with E-state index in [1.54, 1.807) is 0 Å². The largest absolute Gasteiger partial charge is 0.313 e. The summed E-state index contributed by atoms with van der Waals surface area (Å²) in [5, 5.41) is 3.52. The minimum atomic E-state index is 0.539. The van der Waals surface area contributed by atoms with Gasteiger partial charge in [0.25, 0.3) is 0 Å². The Morgan fingerprint density at radius 1 is 1.31 bits per heavy atom. The summed E-state index contributed by atoms with van der Waals surface area (Å²) in [6, 6.07) is 9.48. The molecule has 0 radical (unpaired) electrons. The van der Waals surface area contributed by atoms with E-state index in [9.17, 15) is 0 Å². The number of aryl methyl sites for hydroxylation is 1. The van der Waals surface area contributed by atoms with Gasteiger partial charge in [-0.3, -0.25) is 0 Å². The molecule has 1 N–H and O–H groups in total. The zero-order valence-electron chi connectivity index (χ0n) is 10.7. The molecule has 0 spiro atoms. The highest BCUT2D eigenvalue weighted by atomic mass is 14.9. The molecule has 0 aromatic heterocycles. The first-order valence-corrected chi connectivity index (χ1v) is 6.46. The molecule has 16 heavy (non-hydrogen) atoms. The molecule has 1 aliphatic carbocycles. The first-order valence-electron chi connectivity index (χ1n) is 6.46. The Balaban J connectivity index is 2.21. The van der Waals surface area contributed by atoms with Crippen LogP contribution in [-0.4, -0.2) is 7.05 Å². The molecule has 1 aromatic rings. The zero-order chi connectivity index (χ0) is 11.5. The van der Waals surface area contributed by atoms with Gasteiger partial charge in [0.05, 0.1) is 0 Å². The van der Waals surface area contributed by atoms with Crippen molar-refractivity contribution < 1.29 is 0 Å². The highest BCUT2D eigenvalue weighted by molar-refractivity contribution is 5.26. The lowest BCUT2D eigenvalue weighted by atomic mass is 9.85. The van der Waals surface area contributed by atoms with Crippen LogP contribution >= 0.6 is 0 Å². The van der Waals surface area contributed by atoms with Gasteiger partial charge in [-0.05, 0) is 37.8 Å². The summed E-state index contributed by atoms with van der Waals surface area (Å²) < 4.78 is 0. The second-order valence-corrected chi connectivity index (χ2v) is 5.25. The van der Waals surface area contributed by atoms with Gasteiger partial charge in [0.2, 0.25) is 0 Å². The van der Waals surface area contributed by atoms with E-state index >= 15 is 0 Å². The maximum Gasteiger partial charge on any atom is 0.0348 e. The number of benzene rings is 1. The van der Waals surface area contributed by atoms with Gasteiger partial charge in [-0.25, -0.2) is 0 Å². The van der Waals surface area contributed by atoms with E-state index in [1.807, 2.05) is 0 Å². The summed E-state index contributed by atoms with van der Waals surface area (Å²) in [6.07, 6.45) is 4.17. The fraction of sp³-hybridized carbons (Fsp3) is 0.600. The Hall–Kier alpha value is -0.820. The second-order valence-electron chi connectivity index (χ2n) is 5.25. The summed E-state index contributed by atoms with van der Waals surface area (Å²) >= 11 is 0. The van der Waals surface area contributed by atoms with Gasteiger partial charge in [0, 0.05) is 6.04 Å². The van der Waals surface area contributed by atoms with Crippen molar-refractivity contribution in [2.24, 2.45) is 11.8 Å². The molecular formula is C15H23N. The third-order valence-corrected chi connectivity index (χ3v) is 4.07. The van der Waals surface area contributed by atoms with E-state index in [0.29, 0.717) is 6.04 Å². The number of rotatable bonds is 3. The fourth-order valence-corrected chi connectivity index (χ4v) is 3.16. The van der Waals surface area contributed by atoms with E-state index < -0.39 is 0 Å².